The Morgan fingerprint density at radius 3 is 2.87 bits per heavy atom. The summed E-state index contributed by atoms with van der Waals surface area (Å²) in [4.78, 5) is 13.9. The van der Waals surface area contributed by atoms with Crippen LogP contribution in [0.2, 0.25) is 0 Å². The van der Waals surface area contributed by atoms with Crippen LogP contribution in [0, 0.1) is 0 Å². The highest BCUT2D eigenvalue weighted by Gasteiger charge is 2.22. The van der Waals surface area contributed by atoms with Gasteiger partial charge in [0.2, 0.25) is 0 Å². The van der Waals surface area contributed by atoms with Gasteiger partial charge < -0.3 is 4.74 Å². The van der Waals surface area contributed by atoms with Crippen LogP contribution < -0.4 is 0 Å². The van der Waals surface area contributed by atoms with Crippen molar-refractivity contribution in [3.8, 4) is 0 Å². The van der Waals surface area contributed by atoms with E-state index >= 15 is 0 Å². The van der Waals surface area contributed by atoms with Gasteiger partial charge in [-0.3, -0.25) is 4.90 Å². The molecule has 0 aliphatic carbocycles. The lowest BCUT2D eigenvalue weighted by atomic mass is 9.99. The van der Waals surface area contributed by atoms with E-state index in [1.54, 1.807) is 6.08 Å². The average molecular weight is 404 g/mol. The molecular formula is C25H29N3O2. The maximum absolute atomic E-state index is 11.3. The van der Waals surface area contributed by atoms with Gasteiger partial charge in [0.05, 0.1) is 18.8 Å². The number of pyridine rings is 1. The number of hydrogen-bond donors (Lipinski definition) is 0. The molecule has 1 saturated heterocycles. The molecule has 5 heteroatoms. The molecule has 1 fully saturated rings. The maximum atomic E-state index is 11.3. The second kappa shape index (κ2) is 9.72. The molecule has 4 rings (SSSR count). The van der Waals surface area contributed by atoms with Crippen LogP contribution in [0.15, 0.2) is 60.9 Å². The van der Waals surface area contributed by atoms with Crippen molar-refractivity contribution in [2.75, 3.05) is 20.2 Å². The minimum absolute atomic E-state index is 0.332. The average Bonchev–Trinajstić information content (AvgIpc) is 3.05. The molecule has 2 aromatic heterocycles. The highest BCUT2D eigenvalue weighted by atomic mass is 16.5. The molecular weight excluding hydrogens is 374 g/mol. The number of rotatable bonds is 6. The van der Waals surface area contributed by atoms with E-state index in [0.29, 0.717) is 6.04 Å². The molecule has 0 bridgehead atoms. The third kappa shape index (κ3) is 4.79. The van der Waals surface area contributed by atoms with Gasteiger partial charge in [-0.25, -0.2) is 9.31 Å². The summed E-state index contributed by atoms with van der Waals surface area (Å²) in [5, 5.41) is 4.48. The van der Waals surface area contributed by atoms with Gasteiger partial charge in [-0.1, -0.05) is 43.2 Å². The monoisotopic (exact) mass is 403 g/mol. The minimum atomic E-state index is -0.332. The van der Waals surface area contributed by atoms with Crippen molar-refractivity contribution in [2.45, 2.75) is 38.1 Å². The molecule has 1 aromatic carbocycles. The molecule has 1 unspecified atom stereocenters. The first-order valence-electron chi connectivity index (χ1n) is 10.8. The van der Waals surface area contributed by atoms with Gasteiger partial charge >= 0.3 is 5.97 Å². The Bertz CT molecular complexity index is 1010. The van der Waals surface area contributed by atoms with Crippen molar-refractivity contribution < 1.29 is 9.53 Å². The first-order valence-corrected chi connectivity index (χ1v) is 10.8. The van der Waals surface area contributed by atoms with Gasteiger partial charge in [-0.2, -0.15) is 5.10 Å². The fourth-order valence-corrected chi connectivity index (χ4v) is 4.32. The highest BCUT2D eigenvalue weighted by molar-refractivity contribution is 5.86. The molecule has 3 heterocycles. The molecule has 0 saturated carbocycles. The normalized spacial score (nSPS) is 18.0. The summed E-state index contributed by atoms with van der Waals surface area (Å²) in [6.45, 7) is 2.17. The number of likely N-dealkylation sites (tertiary alicyclic amines) is 1. The van der Waals surface area contributed by atoms with Gasteiger partial charge in [-0.05, 0) is 60.7 Å². The Morgan fingerprint density at radius 2 is 2.03 bits per heavy atom. The number of carbonyl (C=O) groups is 1. The zero-order valence-corrected chi connectivity index (χ0v) is 17.5. The Balaban J connectivity index is 1.47. The lowest BCUT2D eigenvalue weighted by Gasteiger charge is -2.30. The molecule has 3 aromatic rings. The SMILES string of the molecule is COC(=O)/C=C/c1ccc(C2CCCCCN2CCc2cnn3ccccc23)cc1. The molecule has 1 aliphatic rings. The van der Waals surface area contributed by atoms with E-state index in [1.807, 2.05) is 23.0 Å². The van der Waals surface area contributed by atoms with Gasteiger partial charge in [0.1, 0.15) is 0 Å². The molecule has 1 aliphatic heterocycles. The maximum Gasteiger partial charge on any atom is 0.330 e. The van der Waals surface area contributed by atoms with E-state index < -0.39 is 0 Å². The van der Waals surface area contributed by atoms with Crippen molar-refractivity contribution >= 4 is 17.6 Å². The molecule has 30 heavy (non-hydrogen) atoms. The molecule has 0 amide bonds. The number of ether oxygens (including phenoxy) is 1. The van der Waals surface area contributed by atoms with Gasteiger partial charge in [-0.15, -0.1) is 0 Å². The van der Waals surface area contributed by atoms with E-state index in [2.05, 4.69) is 51.1 Å². The zero-order chi connectivity index (χ0) is 20.8. The Hall–Kier alpha value is -2.92. The predicted molar refractivity (Wildman–Crippen MR) is 119 cm³/mol. The smallest absolute Gasteiger partial charge is 0.330 e. The number of fused-ring (bicyclic) bond motifs is 1. The number of nitrogens with zero attached hydrogens (tertiary/aromatic N) is 3. The van der Waals surface area contributed by atoms with Crippen molar-refractivity contribution in [3.63, 3.8) is 0 Å². The summed E-state index contributed by atoms with van der Waals surface area (Å²) in [6, 6.07) is 15.2. The summed E-state index contributed by atoms with van der Waals surface area (Å²) in [6.07, 6.45) is 13.3. The van der Waals surface area contributed by atoms with Crippen LogP contribution in [-0.2, 0) is 16.0 Å². The highest BCUT2D eigenvalue weighted by Crippen LogP contribution is 2.30. The zero-order valence-electron chi connectivity index (χ0n) is 17.5. The van der Waals surface area contributed by atoms with Crippen LogP contribution in [0.5, 0.6) is 0 Å². The number of methoxy groups -OCH3 is 1. The quantitative estimate of drug-likeness (QED) is 0.443. The standard InChI is InChI=1S/C25H29N3O2/c1-30-25(29)14-11-20-9-12-21(13-10-20)23-7-3-2-5-16-27(23)18-15-22-19-26-28-17-6-4-8-24(22)28/h4,6,8-14,17,19,23H,2-3,5,7,15-16,18H2,1H3/b14-11+. The Morgan fingerprint density at radius 1 is 1.17 bits per heavy atom. The van der Waals surface area contributed by atoms with Gasteiger partial charge in [0, 0.05) is 24.9 Å². The minimum Gasteiger partial charge on any atom is -0.466 e. The van der Waals surface area contributed by atoms with Gasteiger partial charge in [0.15, 0.2) is 0 Å². The van der Waals surface area contributed by atoms with E-state index in [0.717, 1.165) is 25.1 Å². The lowest BCUT2D eigenvalue weighted by molar-refractivity contribution is -0.134. The van der Waals surface area contributed by atoms with Crippen LogP contribution in [-0.4, -0.2) is 40.7 Å². The topological polar surface area (TPSA) is 46.8 Å². The fourth-order valence-electron chi connectivity index (χ4n) is 4.32. The third-order valence-corrected chi connectivity index (χ3v) is 5.97. The molecule has 156 valence electrons. The van der Waals surface area contributed by atoms with Crippen molar-refractivity contribution in [1.29, 1.82) is 0 Å². The van der Waals surface area contributed by atoms with Crippen LogP contribution in [0.4, 0.5) is 0 Å². The second-order valence-corrected chi connectivity index (χ2v) is 7.87. The first kappa shape index (κ1) is 20.4. The van der Waals surface area contributed by atoms with Crippen molar-refractivity contribution in [3.05, 3.63) is 77.6 Å². The molecule has 0 N–H and O–H groups in total. The number of aromatic nitrogens is 2. The van der Waals surface area contributed by atoms with E-state index in [-0.39, 0.29) is 5.97 Å². The Labute approximate surface area is 178 Å². The largest absolute Gasteiger partial charge is 0.466 e. The summed E-state index contributed by atoms with van der Waals surface area (Å²) >= 11 is 0. The van der Waals surface area contributed by atoms with E-state index in [1.165, 1.54) is 55.5 Å². The summed E-state index contributed by atoms with van der Waals surface area (Å²) < 4.78 is 6.62. The first-order chi connectivity index (χ1) is 14.7. The van der Waals surface area contributed by atoms with Crippen LogP contribution in [0.1, 0.15) is 48.4 Å². The van der Waals surface area contributed by atoms with Crippen LogP contribution in [0.25, 0.3) is 11.6 Å². The van der Waals surface area contributed by atoms with Gasteiger partial charge in [0.25, 0.3) is 0 Å². The fraction of sp³-hybridized carbons (Fsp3) is 0.360. The Kier molecular flexibility index (Phi) is 6.60. The molecule has 1 atom stereocenters. The van der Waals surface area contributed by atoms with Crippen molar-refractivity contribution in [1.82, 2.24) is 14.5 Å². The summed E-state index contributed by atoms with van der Waals surface area (Å²) in [7, 11) is 1.39. The summed E-state index contributed by atoms with van der Waals surface area (Å²) in [5.74, 6) is -0.332. The van der Waals surface area contributed by atoms with Crippen LogP contribution in [0.3, 0.4) is 0 Å². The third-order valence-electron chi connectivity index (χ3n) is 5.97. The number of hydrogen-bond acceptors (Lipinski definition) is 4. The number of benzene rings is 1. The van der Waals surface area contributed by atoms with E-state index in [9.17, 15) is 4.79 Å². The second-order valence-electron chi connectivity index (χ2n) is 7.87. The predicted octanol–water partition coefficient (Wildman–Crippen LogP) is 4.68. The molecule has 5 nitrogen and oxygen atoms in total. The molecule has 0 radical (unpaired) electrons. The number of esters is 1. The molecule has 0 spiro atoms. The number of carbonyl (C=O) groups excluding carboxylic acids is 1. The van der Waals surface area contributed by atoms with Crippen molar-refractivity contribution in [2.24, 2.45) is 0 Å². The van der Waals surface area contributed by atoms with E-state index in [4.69, 9.17) is 0 Å². The summed E-state index contributed by atoms with van der Waals surface area (Å²) in [5.41, 5.74) is 4.87. The lowest BCUT2D eigenvalue weighted by Crippen LogP contribution is -2.30. The van der Waals surface area contributed by atoms with Crippen LogP contribution >= 0.6 is 0 Å².